The van der Waals surface area contributed by atoms with Gasteiger partial charge in [-0.05, 0) is 50.2 Å². The van der Waals surface area contributed by atoms with Gasteiger partial charge in [0.1, 0.15) is 10.8 Å². The van der Waals surface area contributed by atoms with Gasteiger partial charge in [-0.15, -0.1) is 10.2 Å². The molecule has 0 radical (unpaired) electrons. The van der Waals surface area contributed by atoms with Crippen molar-refractivity contribution in [2.75, 3.05) is 18.4 Å². The summed E-state index contributed by atoms with van der Waals surface area (Å²) in [6.45, 7) is 3.76. The summed E-state index contributed by atoms with van der Waals surface area (Å²) in [6.07, 6.45) is 8.79. The first-order valence-electron chi connectivity index (χ1n) is 10.6. The smallest absolute Gasteiger partial charge is 0.222 e. The van der Waals surface area contributed by atoms with E-state index < -0.39 is 0 Å². The standard InChI is InChI=1S/C21H29N5OS/c1-2-19-24-25-21(28-19)23-18-11-5-10-17(22-18)16-9-6-12-26(14-16)20(27)13-15-7-3-4-8-15/h5,10-11,15-16H,2-4,6-9,12-14H2,1H3,(H,22,23,25)/t16-/m0/s1. The van der Waals surface area contributed by atoms with E-state index in [1.807, 2.05) is 12.1 Å². The molecule has 2 fully saturated rings. The van der Waals surface area contributed by atoms with Crippen molar-refractivity contribution in [2.45, 2.75) is 64.2 Å². The highest BCUT2D eigenvalue weighted by molar-refractivity contribution is 7.15. The molecule has 3 heterocycles. The van der Waals surface area contributed by atoms with Crippen LogP contribution in [0.3, 0.4) is 0 Å². The van der Waals surface area contributed by atoms with Crippen molar-refractivity contribution in [3.8, 4) is 0 Å². The molecule has 150 valence electrons. The first-order chi connectivity index (χ1) is 13.7. The zero-order valence-corrected chi connectivity index (χ0v) is 17.4. The van der Waals surface area contributed by atoms with Crippen LogP contribution in [0.25, 0.3) is 0 Å². The minimum Gasteiger partial charge on any atom is -0.342 e. The predicted octanol–water partition coefficient (Wildman–Crippen LogP) is 4.53. The molecule has 1 saturated heterocycles. The summed E-state index contributed by atoms with van der Waals surface area (Å²) in [5.74, 6) is 2.06. The largest absolute Gasteiger partial charge is 0.342 e. The van der Waals surface area contributed by atoms with Crippen molar-refractivity contribution in [3.05, 3.63) is 28.9 Å². The molecule has 4 rings (SSSR count). The van der Waals surface area contributed by atoms with Crippen LogP contribution < -0.4 is 5.32 Å². The summed E-state index contributed by atoms with van der Waals surface area (Å²) >= 11 is 1.56. The first-order valence-corrected chi connectivity index (χ1v) is 11.4. The highest BCUT2D eigenvalue weighted by atomic mass is 32.1. The van der Waals surface area contributed by atoms with Crippen molar-refractivity contribution in [2.24, 2.45) is 5.92 Å². The summed E-state index contributed by atoms with van der Waals surface area (Å²) in [5.41, 5.74) is 1.06. The molecule has 0 bridgehead atoms. The maximum Gasteiger partial charge on any atom is 0.222 e. The molecule has 2 aromatic rings. The molecule has 7 heteroatoms. The second kappa shape index (κ2) is 8.99. The van der Waals surface area contributed by atoms with E-state index in [1.54, 1.807) is 11.3 Å². The molecule has 1 aliphatic carbocycles. The maximum absolute atomic E-state index is 12.7. The Morgan fingerprint density at radius 3 is 2.86 bits per heavy atom. The molecule has 1 atom stereocenters. The predicted molar refractivity (Wildman–Crippen MR) is 112 cm³/mol. The number of hydrogen-bond donors (Lipinski definition) is 1. The van der Waals surface area contributed by atoms with Gasteiger partial charge in [-0.3, -0.25) is 4.79 Å². The van der Waals surface area contributed by atoms with E-state index >= 15 is 0 Å². The number of nitrogens with one attached hydrogen (secondary N) is 1. The second-order valence-corrected chi connectivity index (χ2v) is 9.02. The zero-order valence-electron chi connectivity index (χ0n) is 16.6. The fraction of sp³-hybridized carbons (Fsp3) is 0.619. The Kier molecular flexibility index (Phi) is 6.20. The highest BCUT2D eigenvalue weighted by Crippen LogP contribution is 2.31. The number of rotatable bonds is 6. The molecular formula is C21H29N5OS. The van der Waals surface area contributed by atoms with Crippen molar-refractivity contribution < 1.29 is 4.79 Å². The highest BCUT2D eigenvalue weighted by Gasteiger charge is 2.28. The Morgan fingerprint density at radius 2 is 2.07 bits per heavy atom. The number of carbonyl (C=O) groups excluding carboxylic acids is 1. The van der Waals surface area contributed by atoms with Gasteiger partial charge in [0.15, 0.2) is 0 Å². The molecule has 1 N–H and O–H groups in total. The quantitative estimate of drug-likeness (QED) is 0.773. The van der Waals surface area contributed by atoms with Crippen LogP contribution >= 0.6 is 11.3 Å². The molecule has 2 aliphatic rings. The van der Waals surface area contributed by atoms with E-state index in [0.29, 0.717) is 17.7 Å². The van der Waals surface area contributed by atoms with Gasteiger partial charge in [-0.2, -0.15) is 0 Å². The average Bonchev–Trinajstić information content (AvgIpc) is 3.40. The molecule has 2 aromatic heterocycles. The van der Waals surface area contributed by atoms with Crippen LogP contribution in [0.15, 0.2) is 18.2 Å². The number of pyridine rings is 1. The van der Waals surface area contributed by atoms with Gasteiger partial charge in [-0.1, -0.05) is 37.2 Å². The van der Waals surface area contributed by atoms with Crippen LogP contribution in [0.4, 0.5) is 10.9 Å². The molecule has 1 amide bonds. The Morgan fingerprint density at radius 1 is 1.21 bits per heavy atom. The number of hydrogen-bond acceptors (Lipinski definition) is 6. The number of nitrogens with zero attached hydrogens (tertiary/aromatic N) is 4. The van der Waals surface area contributed by atoms with E-state index in [0.717, 1.165) is 60.4 Å². The van der Waals surface area contributed by atoms with E-state index in [1.165, 1.54) is 25.7 Å². The van der Waals surface area contributed by atoms with Gasteiger partial charge in [0, 0.05) is 31.1 Å². The lowest BCUT2D eigenvalue weighted by Gasteiger charge is -2.33. The Hall–Kier alpha value is -2.02. The normalized spacial score (nSPS) is 20.5. The van der Waals surface area contributed by atoms with E-state index in [2.05, 4.69) is 33.4 Å². The molecule has 6 nitrogen and oxygen atoms in total. The molecule has 28 heavy (non-hydrogen) atoms. The third kappa shape index (κ3) is 4.69. The lowest BCUT2D eigenvalue weighted by atomic mass is 9.93. The summed E-state index contributed by atoms with van der Waals surface area (Å²) in [4.78, 5) is 19.6. The molecule has 0 spiro atoms. The monoisotopic (exact) mass is 399 g/mol. The van der Waals surface area contributed by atoms with Crippen LogP contribution in [0.1, 0.15) is 68.5 Å². The molecular weight excluding hydrogens is 370 g/mol. The fourth-order valence-corrected chi connectivity index (χ4v) is 5.03. The Balaban J connectivity index is 1.39. The number of anilines is 2. The minimum absolute atomic E-state index is 0.309. The minimum atomic E-state index is 0.309. The van der Waals surface area contributed by atoms with Crippen molar-refractivity contribution in [1.29, 1.82) is 0 Å². The third-order valence-corrected chi connectivity index (χ3v) is 6.89. The average molecular weight is 400 g/mol. The summed E-state index contributed by atoms with van der Waals surface area (Å²) < 4.78 is 0. The molecule has 0 unspecified atom stereocenters. The second-order valence-electron chi connectivity index (χ2n) is 7.96. The van der Waals surface area contributed by atoms with Gasteiger partial charge >= 0.3 is 0 Å². The number of aryl methyl sites for hydroxylation is 1. The van der Waals surface area contributed by atoms with Crippen LogP contribution in [0.2, 0.25) is 0 Å². The van der Waals surface area contributed by atoms with Crippen molar-refractivity contribution in [3.63, 3.8) is 0 Å². The Bertz CT molecular complexity index is 802. The number of amides is 1. The van der Waals surface area contributed by atoms with Crippen LogP contribution in [-0.2, 0) is 11.2 Å². The maximum atomic E-state index is 12.7. The lowest BCUT2D eigenvalue weighted by molar-refractivity contribution is -0.133. The molecule has 0 aromatic carbocycles. The van der Waals surface area contributed by atoms with Crippen molar-refractivity contribution in [1.82, 2.24) is 20.1 Å². The Labute approximate surface area is 170 Å². The topological polar surface area (TPSA) is 71.0 Å². The van der Waals surface area contributed by atoms with Gasteiger partial charge in [0.25, 0.3) is 0 Å². The summed E-state index contributed by atoms with van der Waals surface area (Å²) in [6, 6.07) is 6.08. The van der Waals surface area contributed by atoms with Gasteiger partial charge in [0.05, 0.1) is 0 Å². The fourth-order valence-electron chi connectivity index (χ4n) is 4.34. The SMILES string of the molecule is CCc1nnc(Nc2cccc([C@H]3CCCN(C(=O)CC4CCCC4)C3)n2)s1. The number of piperidine rings is 1. The van der Waals surface area contributed by atoms with Crippen molar-refractivity contribution >= 4 is 28.2 Å². The van der Waals surface area contributed by atoms with E-state index in [9.17, 15) is 4.79 Å². The third-order valence-electron chi connectivity index (χ3n) is 5.91. The molecule has 1 saturated carbocycles. The lowest BCUT2D eigenvalue weighted by Crippen LogP contribution is -2.39. The summed E-state index contributed by atoms with van der Waals surface area (Å²) in [5, 5.41) is 13.4. The number of carbonyl (C=O) groups is 1. The van der Waals surface area contributed by atoms with Crippen LogP contribution in [0.5, 0.6) is 0 Å². The van der Waals surface area contributed by atoms with Crippen LogP contribution in [-0.4, -0.2) is 39.1 Å². The van der Waals surface area contributed by atoms with Crippen LogP contribution in [0, 0.1) is 5.92 Å². The first kappa shape index (κ1) is 19.3. The zero-order chi connectivity index (χ0) is 19.3. The number of likely N-dealkylation sites (tertiary alicyclic amines) is 1. The van der Waals surface area contributed by atoms with E-state index in [-0.39, 0.29) is 0 Å². The number of aromatic nitrogens is 3. The van der Waals surface area contributed by atoms with Gasteiger partial charge in [-0.25, -0.2) is 4.98 Å². The summed E-state index contributed by atoms with van der Waals surface area (Å²) in [7, 11) is 0. The molecule has 1 aliphatic heterocycles. The van der Waals surface area contributed by atoms with E-state index in [4.69, 9.17) is 4.98 Å². The van der Waals surface area contributed by atoms with Gasteiger partial charge < -0.3 is 10.2 Å². The van der Waals surface area contributed by atoms with Gasteiger partial charge in [0.2, 0.25) is 11.0 Å².